The third-order valence-electron chi connectivity index (χ3n) is 4.30. The normalized spacial score (nSPS) is 23.5. The van der Waals surface area contributed by atoms with Crippen LogP contribution in [-0.4, -0.2) is 30.4 Å². The Labute approximate surface area is 125 Å². The number of hydrogen-bond acceptors (Lipinski definition) is 3. The molecule has 21 heavy (non-hydrogen) atoms. The second-order valence-electron chi connectivity index (χ2n) is 6.16. The summed E-state index contributed by atoms with van der Waals surface area (Å²) in [6.07, 6.45) is 1.73. The van der Waals surface area contributed by atoms with Gasteiger partial charge in [-0.25, -0.2) is 0 Å². The largest absolute Gasteiger partial charge is 0.387 e. The lowest BCUT2D eigenvalue weighted by atomic mass is 10.0. The number of nitrogens with one attached hydrogen (secondary N) is 1. The van der Waals surface area contributed by atoms with Crippen LogP contribution in [0.1, 0.15) is 31.4 Å². The topological polar surface area (TPSA) is 41.5 Å². The van der Waals surface area contributed by atoms with Gasteiger partial charge < -0.3 is 15.2 Å². The Balaban J connectivity index is 1.60. The van der Waals surface area contributed by atoms with Crippen LogP contribution in [0, 0.1) is 0 Å². The molecule has 1 fully saturated rings. The van der Waals surface area contributed by atoms with Gasteiger partial charge in [0, 0.05) is 19.7 Å². The lowest BCUT2D eigenvalue weighted by Crippen LogP contribution is -2.38. The number of aliphatic hydroxyl groups excluding tert-OH is 1. The smallest absolute Gasteiger partial charge is 0.0914 e. The molecule has 3 heteroatoms. The molecule has 0 aliphatic carbocycles. The Morgan fingerprint density at radius 2 is 2.05 bits per heavy atom. The number of benzene rings is 2. The molecule has 112 valence electrons. The van der Waals surface area contributed by atoms with Crippen molar-refractivity contribution in [3.63, 3.8) is 0 Å². The zero-order valence-corrected chi connectivity index (χ0v) is 12.5. The van der Waals surface area contributed by atoms with Crippen molar-refractivity contribution in [2.75, 3.05) is 19.7 Å². The Bertz CT molecular complexity index is 605. The first-order valence-electron chi connectivity index (χ1n) is 7.68. The molecule has 3 nitrogen and oxygen atoms in total. The highest BCUT2D eigenvalue weighted by Gasteiger charge is 2.29. The minimum atomic E-state index is -0.486. The van der Waals surface area contributed by atoms with E-state index < -0.39 is 6.10 Å². The molecular weight excluding hydrogens is 262 g/mol. The van der Waals surface area contributed by atoms with Crippen LogP contribution in [0.25, 0.3) is 10.8 Å². The van der Waals surface area contributed by atoms with Crippen molar-refractivity contribution in [3.8, 4) is 0 Å². The van der Waals surface area contributed by atoms with Crippen molar-refractivity contribution in [2.45, 2.75) is 31.5 Å². The van der Waals surface area contributed by atoms with E-state index in [1.54, 1.807) is 0 Å². The van der Waals surface area contributed by atoms with E-state index in [-0.39, 0.29) is 5.60 Å². The van der Waals surface area contributed by atoms with Crippen molar-refractivity contribution in [2.24, 2.45) is 0 Å². The highest BCUT2D eigenvalue weighted by molar-refractivity contribution is 5.83. The summed E-state index contributed by atoms with van der Waals surface area (Å²) in [6, 6.07) is 14.3. The molecule has 0 aromatic heterocycles. The van der Waals surface area contributed by atoms with Gasteiger partial charge in [-0.15, -0.1) is 0 Å². The van der Waals surface area contributed by atoms with Gasteiger partial charge in [0.1, 0.15) is 0 Å². The number of ether oxygens (including phenoxy) is 1. The van der Waals surface area contributed by atoms with Gasteiger partial charge in [-0.05, 0) is 42.2 Å². The molecule has 1 saturated heterocycles. The first kappa shape index (κ1) is 14.5. The van der Waals surface area contributed by atoms with E-state index in [9.17, 15) is 5.11 Å². The van der Waals surface area contributed by atoms with Crippen molar-refractivity contribution >= 4 is 10.8 Å². The maximum Gasteiger partial charge on any atom is 0.0914 e. The zero-order chi connectivity index (χ0) is 14.7. The fourth-order valence-electron chi connectivity index (χ4n) is 2.98. The fourth-order valence-corrected chi connectivity index (χ4v) is 2.98. The third kappa shape index (κ3) is 3.43. The molecule has 0 spiro atoms. The van der Waals surface area contributed by atoms with Gasteiger partial charge >= 0.3 is 0 Å². The van der Waals surface area contributed by atoms with E-state index in [0.29, 0.717) is 6.54 Å². The molecule has 2 aromatic rings. The van der Waals surface area contributed by atoms with Crippen molar-refractivity contribution < 1.29 is 9.84 Å². The van der Waals surface area contributed by atoms with Crippen LogP contribution in [-0.2, 0) is 4.74 Å². The predicted molar refractivity (Wildman–Crippen MR) is 85.4 cm³/mol. The van der Waals surface area contributed by atoms with Crippen molar-refractivity contribution in [3.05, 3.63) is 48.0 Å². The maximum atomic E-state index is 10.3. The van der Waals surface area contributed by atoms with Gasteiger partial charge in [-0.2, -0.15) is 0 Å². The highest BCUT2D eigenvalue weighted by atomic mass is 16.5. The summed E-state index contributed by atoms with van der Waals surface area (Å²) in [5.41, 5.74) is 0.891. The molecule has 2 atom stereocenters. The van der Waals surface area contributed by atoms with Gasteiger partial charge in [0.05, 0.1) is 11.7 Å². The number of aliphatic hydroxyl groups is 1. The summed E-state index contributed by atoms with van der Waals surface area (Å²) in [5, 5.41) is 16.0. The average Bonchev–Trinajstić information content (AvgIpc) is 2.93. The Morgan fingerprint density at radius 3 is 2.81 bits per heavy atom. The Kier molecular flexibility index (Phi) is 4.24. The van der Waals surface area contributed by atoms with Gasteiger partial charge in [-0.1, -0.05) is 36.4 Å². The molecule has 2 unspecified atom stereocenters. The highest BCUT2D eigenvalue weighted by Crippen LogP contribution is 2.24. The Morgan fingerprint density at radius 1 is 1.24 bits per heavy atom. The van der Waals surface area contributed by atoms with Gasteiger partial charge in [0.2, 0.25) is 0 Å². The van der Waals surface area contributed by atoms with Crippen LogP contribution in [0.2, 0.25) is 0 Å². The van der Waals surface area contributed by atoms with Crippen LogP contribution < -0.4 is 5.32 Å². The molecule has 2 aromatic carbocycles. The first-order chi connectivity index (χ1) is 10.2. The van der Waals surface area contributed by atoms with E-state index in [0.717, 1.165) is 31.6 Å². The SMILES string of the molecule is CC1(CNCC(O)c2ccc3ccccc3c2)CCCO1. The van der Waals surface area contributed by atoms with E-state index in [1.807, 2.05) is 18.2 Å². The summed E-state index contributed by atoms with van der Waals surface area (Å²) >= 11 is 0. The fraction of sp³-hybridized carbons (Fsp3) is 0.444. The lowest BCUT2D eigenvalue weighted by Gasteiger charge is -2.24. The molecule has 1 aliphatic rings. The first-order valence-corrected chi connectivity index (χ1v) is 7.68. The average molecular weight is 285 g/mol. The minimum absolute atomic E-state index is 0.0664. The van der Waals surface area contributed by atoms with E-state index in [4.69, 9.17) is 4.74 Å². The zero-order valence-electron chi connectivity index (χ0n) is 12.5. The Hall–Kier alpha value is -1.42. The molecule has 2 N–H and O–H groups in total. The van der Waals surface area contributed by atoms with Crippen molar-refractivity contribution in [1.29, 1.82) is 0 Å². The minimum Gasteiger partial charge on any atom is -0.387 e. The van der Waals surface area contributed by atoms with Crippen LogP contribution in [0.3, 0.4) is 0 Å². The van der Waals surface area contributed by atoms with Crippen LogP contribution in [0.15, 0.2) is 42.5 Å². The number of rotatable bonds is 5. The quantitative estimate of drug-likeness (QED) is 0.887. The van der Waals surface area contributed by atoms with Crippen LogP contribution in [0.4, 0.5) is 0 Å². The standard InChI is InChI=1S/C18H23NO2/c1-18(9-4-10-21-18)13-19-12-17(20)16-8-7-14-5-2-3-6-15(14)11-16/h2-3,5-8,11,17,19-20H,4,9-10,12-13H2,1H3. The molecular formula is C18H23NO2. The number of hydrogen-bond donors (Lipinski definition) is 2. The predicted octanol–water partition coefficient (Wildman–Crippen LogP) is 3.03. The molecule has 1 heterocycles. The second kappa shape index (κ2) is 6.14. The summed E-state index contributed by atoms with van der Waals surface area (Å²) in [5.74, 6) is 0. The number of fused-ring (bicyclic) bond motifs is 1. The summed E-state index contributed by atoms with van der Waals surface area (Å²) < 4.78 is 5.74. The van der Waals surface area contributed by atoms with Crippen LogP contribution >= 0.6 is 0 Å². The maximum absolute atomic E-state index is 10.3. The summed E-state index contributed by atoms with van der Waals surface area (Å²) in [7, 11) is 0. The van der Waals surface area contributed by atoms with Crippen molar-refractivity contribution in [1.82, 2.24) is 5.32 Å². The molecule has 3 rings (SSSR count). The molecule has 0 radical (unpaired) electrons. The lowest BCUT2D eigenvalue weighted by molar-refractivity contribution is 0.0185. The third-order valence-corrected chi connectivity index (χ3v) is 4.30. The van der Waals surface area contributed by atoms with Gasteiger partial charge in [0.15, 0.2) is 0 Å². The molecule has 0 amide bonds. The second-order valence-corrected chi connectivity index (χ2v) is 6.16. The van der Waals surface area contributed by atoms with E-state index in [1.165, 1.54) is 10.8 Å². The van der Waals surface area contributed by atoms with E-state index in [2.05, 4.69) is 36.5 Å². The monoisotopic (exact) mass is 285 g/mol. The van der Waals surface area contributed by atoms with Crippen LogP contribution in [0.5, 0.6) is 0 Å². The molecule has 0 bridgehead atoms. The summed E-state index contributed by atoms with van der Waals surface area (Å²) in [4.78, 5) is 0. The van der Waals surface area contributed by atoms with Gasteiger partial charge in [0.25, 0.3) is 0 Å². The van der Waals surface area contributed by atoms with Gasteiger partial charge in [-0.3, -0.25) is 0 Å². The summed E-state index contributed by atoms with van der Waals surface area (Å²) in [6.45, 7) is 4.33. The molecule has 1 aliphatic heterocycles. The van der Waals surface area contributed by atoms with E-state index >= 15 is 0 Å². The molecule has 0 saturated carbocycles.